The summed E-state index contributed by atoms with van der Waals surface area (Å²) in [6, 6.07) is 4.30. The molecule has 1 aromatic carbocycles. The van der Waals surface area contributed by atoms with Crippen LogP contribution in [0.3, 0.4) is 0 Å². The van der Waals surface area contributed by atoms with E-state index in [2.05, 4.69) is 46.8 Å². The number of thioether (sulfide) groups is 1. The van der Waals surface area contributed by atoms with Crippen LogP contribution >= 0.6 is 11.8 Å². The van der Waals surface area contributed by atoms with Gasteiger partial charge in [-0.15, -0.1) is 0 Å². The van der Waals surface area contributed by atoms with Crippen LogP contribution in [-0.2, 0) is 21.4 Å². The summed E-state index contributed by atoms with van der Waals surface area (Å²) in [7, 11) is 1.43. The number of esters is 1. The number of hydrogen-bond donors (Lipinski definition) is 1. The predicted octanol–water partition coefficient (Wildman–Crippen LogP) is 5.29. The van der Waals surface area contributed by atoms with Crippen molar-refractivity contribution in [3.8, 4) is 5.75 Å². The highest BCUT2D eigenvalue weighted by molar-refractivity contribution is 7.99. The fourth-order valence-electron chi connectivity index (χ4n) is 2.71. The van der Waals surface area contributed by atoms with Crippen molar-refractivity contribution in [2.24, 2.45) is 5.92 Å². The van der Waals surface area contributed by atoms with E-state index < -0.39 is 0 Å². The molecule has 0 aliphatic carbocycles. The predicted molar refractivity (Wildman–Crippen MR) is 108 cm³/mol. The van der Waals surface area contributed by atoms with Crippen LogP contribution in [0.15, 0.2) is 12.1 Å². The molecular weight excluding hydrogens is 332 g/mol. The Kier molecular flexibility index (Phi) is 8.33. The molecule has 0 aliphatic rings. The van der Waals surface area contributed by atoms with E-state index in [4.69, 9.17) is 4.74 Å². The number of carbonyl (C=O) groups is 1. The van der Waals surface area contributed by atoms with E-state index >= 15 is 0 Å². The maximum Gasteiger partial charge on any atom is 0.309 e. The first kappa shape index (κ1) is 21.9. The Bertz CT molecular complexity index is 573. The van der Waals surface area contributed by atoms with E-state index in [0.717, 1.165) is 35.5 Å². The molecule has 1 rings (SSSR count). The van der Waals surface area contributed by atoms with E-state index in [1.807, 2.05) is 6.92 Å². The number of phenolic OH excluding ortho intramolecular Hbond substituents is 1. The third-order valence-electron chi connectivity index (χ3n) is 4.39. The van der Waals surface area contributed by atoms with Crippen LogP contribution in [0.2, 0.25) is 0 Å². The highest BCUT2D eigenvalue weighted by Gasteiger charge is 2.22. The number of benzene rings is 1. The lowest BCUT2D eigenvalue weighted by Crippen LogP contribution is -2.15. The Morgan fingerprint density at radius 2 is 1.88 bits per heavy atom. The van der Waals surface area contributed by atoms with Gasteiger partial charge in [0.25, 0.3) is 0 Å². The minimum absolute atomic E-state index is 0.0693. The largest absolute Gasteiger partial charge is 0.507 e. The molecule has 1 atom stereocenters. The molecule has 0 saturated carbocycles. The number of carbonyl (C=O) groups excluding carboxylic acids is 1. The number of ether oxygens (including phenoxy) is 1. The van der Waals surface area contributed by atoms with Gasteiger partial charge >= 0.3 is 5.97 Å². The van der Waals surface area contributed by atoms with Crippen LogP contribution in [0.1, 0.15) is 70.6 Å². The highest BCUT2D eigenvalue weighted by Crippen LogP contribution is 2.36. The lowest BCUT2D eigenvalue weighted by Gasteiger charge is -2.24. The molecule has 25 heavy (non-hydrogen) atoms. The topological polar surface area (TPSA) is 46.5 Å². The zero-order valence-electron chi connectivity index (χ0n) is 16.8. The second-order valence-corrected chi connectivity index (χ2v) is 9.23. The van der Waals surface area contributed by atoms with Gasteiger partial charge in [0, 0.05) is 5.75 Å². The smallest absolute Gasteiger partial charge is 0.309 e. The van der Waals surface area contributed by atoms with Crippen molar-refractivity contribution in [3.05, 3.63) is 28.8 Å². The summed E-state index contributed by atoms with van der Waals surface area (Å²) in [5, 5.41) is 10.7. The quantitative estimate of drug-likeness (QED) is 0.502. The molecule has 1 aromatic rings. The first-order valence-electron chi connectivity index (χ1n) is 9.09. The van der Waals surface area contributed by atoms with Gasteiger partial charge in [-0.25, -0.2) is 0 Å². The molecule has 0 heterocycles. The third kappa shape index (κ3) is 6.58. The molecule has 1 N–H and O–H groups in total. The average Bonchev–Trinajstić information content (AvgIpc) is 2.53. The van der Waals surface area contributed by atoms with Gasteiger partial charge in [0.05, 0.1) is 13.0 Å². The molecule has 0 spiro atoms. The molecule has 0 saturated heterocycles. The third-order valence-corrected chi connectivity index (χ3v) is 5.71. The first-order chi connectivity index (χ1) is 11.6. The average molecular weight is 367 g/mol. The molecule has 0 bridgehead atoms. The Hall–Kier alpha value is -1.16. The summed E-state index contributed by atoms with van der Waals surface area (Å²) in [6.07, 6.45) is 1.84. The molecule has 4 heteroatoms. The van der Waals surface area contributed by atoms with Crippen molar-refractivity contribution in [2.45, 2.75) is 65.7 Å². The van der Waals surface area contributed by atoms with Gasteiger partial charge in [-0.2, -0.15) is 11.8 Å². The minimum Gasteiger partial charge on any atom is -0.507 e. The Labute approximate surface area is 157 Å². The molecule has 0 aromatic heterocycles. The first-order valence-corrected chi connectivity index (χ1v) is 10.2. The molecule has 3 nitrogen and oxygen atoms in total. The SMILES string of the molecule is COC(=O)C(C)CSCCCc1cc(C(C)C)cc(C(C)(C)C)c1O. The van der Waals surface area contributed by atoms with E-state index in [0.29, 0.717) is 11.7 Å². The van der Waals surface area contributed by atoms with Crippen LogP contribution in [0.25, 0.3) is 0 Å². The van der Waals surface area contributed by atoms with Crippen molar-refractivity contribution in [1.29, 1.82) is 0 Å². The van der Waals surface area contributed by atoms with Gasteiger partial charge < -0.3 is 9.84 Å². The molecule has 0 aliphatic heterocycles. The Morgan fingerprint density at radius 3 is 2.40 bits per heavy atom. The van der Waals surface area contributed by atoms with Gasteiger partial charge in [-0.1, -0.05) is 53.7 Å². The Balaban J connectivity index is 2.72. The van der Waals surface area contributed by atoms with Gasteiger partial charge in [0.2, 0.25) is 0 Å². The van der Waals surface area contributed by atoms with E-state index in [9.17, 15) is 9.90 Å². The fourth-order valence-corrected chi connectivity index (χ4v) is 3.71. The number of aryl methyl sites for hydroxylation is 1. The molecule has 0 amide bonds. The highest BCUT2D eigenvalue weighted by atomic mass is 32.2. The van der Waals surface area contributed by atoms with Crippen LogP contribution < -0.4 is 0 Å². The van der Waals surface area contributed by atoms with E-state index in [-0.39, 0.29) is 17.3 Å². The van der Waals surface area contributed by atoms with Gasteiger partial charge in [-0.05, 0) is 46.6 Å². The molecule has 142 valence electrons. The van der Waals surface area contributed by atoms with Crippen LogP contribution in [-0.4, -0.2) is 29.7 Å². The van der Waals surface area contributed by atoms with Crippen LogP contribution in [0.4, 0.5) is 0 Å². The molecule has 0 radical (unpaired) electrons. The van der Waals surface area contributed by atoms with Crippen molar-refractivity contribution < 1.29 is 14.6 Å². The lowest BCUT2D eigenvalue weighted by atomic mass is 9.82. The normalized spacial score (nSPS) is 13.1. The maximum absolute atomic E-state index is 11.4. The standard InChI is InChI=1S/C21H34O3S/c1-14(2)17-11-16(19(22)18(12-17)21(4,5)6)9-8-10-25-13-15(3)20(23)24-7/h11-12,14-15,22H,8-10,13H2,1-7H3. The molecule has 0 fully saturated rings. The van der Waals surface area contributed by atoms with E-state index in [1.165, 1.54) is 12.7 Å². The second kappa shape index (κ2) is 9.51. The summed E-state index contributed by atoms with van der Waals surface area (Å²) >= 11 is 1.77. The van der Waals surface area contributed by atoms with Crippen LogP contribution in [0.5, 0.6) is 5.75 Å². The van der Waals surface area contributed by atoms with Crippen molar-refractivity contribution >= 4 is 17.7 Å². The monoisotopic (exact) mass is 366 g/mol. The zero-order chi connectivity index (χ0) is 19.2. The molecule has 1 unspecified atom stereocenters. The summed E-state index contributed by atoms with van der Waals surface area (Å²) in [5.74, 6) is 2.42. The summed E-state index contributed by atoms with van der Waals surface area (Å²) < 4.78 is 4.75. The summed E-state index contributed by atoms with van der Waals surface area (Å²) in [6.45, 7) is 12.7. The van der Waals surface area contributed by atoms with Crippen LogP contribution in [0, 0.1) is 5.92 Å². The number of hydrogen-bond acceptors (Lipinski definition) is 4. The second-order valence-electron chi connectivity index (χ2n) is 8.08. The summed E-state index contributed by atoms with van der Waals surface area (Å²) in [5.41, 5.74) is 3.28. The Morgan fingerprint density at radius 1 is 1.24 bits per heavy atom. The number of phenols is 1. The lowest BCUT2D eigenvalue weighted by molar-refractivity contribution is -0.143. The zero-order valence-corrected chi connectivity index (χ0v) is 17.6. The minimum atomic E-state index is -0.149. The van der Waals surface area contributed by atoms with Crippen molar-refractivity contribution in [1.82, 2.24) is 0 Å². The van der Waals surface area contributed by atoms with Crippen molar-refractivity contribution in [3.63, 3.8) is 0 Å². The summed E-state index contributed by atoms with van der Waals surface area (Å²) in [4.78, 5) is 11.4. The number of rotatable bonds is 8. The van der Waals surface area contributed by atoms with Crippen molar-refractivity contribution in [2.75, 3.05) is 18.6 Å². The molecular formula is C21H34O3S. The number of methoxy groups -OCH3 is 1. The van der Waals surface area contributed by atoms with Gasteiger partial charge in [0.1, 0.15) is 5.75 Å². The maximum atomic E-state index is 11.4. The van der Waals surface area contributed by atoms with Gasteiger partial charge in [-0.3, -0.25) is 4.79 Å². The van der Waals surface area contributed by atoms with E-state index in [1.54, 1.807) is 11.8 Å². The van der Waals surface area contributed by atoms with Gasteiger partial charge in [0.15, 0.2) is 0 Å². The number of aromatic hydroxyl groups is 1. The fraction of sp³-hybridized carbons (Fsp3) is 0.667.